The van der Waals surface area contributed by atoms with Crippen LogP contribution >= 0.6 is 0 Å². The van der Waals surface area contributed by atoms with Gasteiger partial charge in [0.1, 0.15) is 16.8 Å². The number of aliphatic hydroxyl groups is 1. The molecule has 1 aromatic carbocycles. The molecule has 132 valence electrons. The second-order valence-electron chi connectivity index (χ2n) is 7.00. The van der Waals surface area contributed by atoms with Gasteiger partial charge in [-0.1, -0.05) is 44.1 Å². The third-order valence-electron chi connectivity index (χ3n) is 3.88. The molecule has 0 aliphatic heterocycles. The molecular formula is C17H24N2O4S. The Hall–Kier alpha value is -1.70. The maximum Gasteiger partial charge on any atom is 0.248 e. The van der Waals surface area contributed by atoms with Gasteiger partial charge in [-0.05, 0) is 42.9 Å². The van der Waals surface area contributed by atoms with E-state index in [4.69, 9.17) is 4.52 Å². The fraction of sp³-hybridized carbons (Fsp3) is 0.471. The molecule has 6 nitrogen and oxygen atoms in total. The van der Waals surface area contributed by atoms with Crippen molar-refractivity contribution >= 4 is 10.0 Å². The number of aromatic nitrogens is 1. The minimum atomic E-state index is -3.93. The summed E-state index contributed by atoms with van der Waals surface area (Å²) < 4.78 is 32.1. The fourth-order valence-electron chi connectivity index (χ4n) is 2.83. The Labute approximate surface area is 142 Å². The maximum atomic E-state index is 12.5. The lowest BCUT2D eigenvalue weighted by atomic mass is 9.83. The van der Waals surface area contributed by atoms with Gasteiger partial charge < -0.3 is 9.63 Å². The molecule has 0 saturated carbocycles. The Kier molecular flexibility index (Phi) is 4.90. The van der Waals surface area contributed by atoms with E-state index in [0.29, 0.717) is 5.56 Å². The molecule has 7 heteroatoms. The summed E-state index contributed by atoms with van der Waals surface area (Å²) >= 11 is 0. The summed E-state index contributed by atoms with van der Waals surface area (Å²) in [7, 11) is -3.93. The van der Waals surface area contributed by atoms with E-state index >= 15 is 0 Å². The van der Waals surface area contributed by atoms with Crippen LogP contribution in [0.25, 0.3) is 0 Å². The summed E-state index contributed by atoms with van der Waals surface area (Å²) in [5.41, 5.74) is 2.86. The molecule has 2 N–H and O–H groups in total. The van der Waals surface area contributed by atoms with Gasteiger partial charge in [0.25, 0.3) is 0 Å². The summed E-state index contributed by atoms with van der Waals surface area (Å²) in [6.07, 6.45) is -1.35. The number of nitrogens with zero attached hydrogens (tertiary/aromatic N) is 1. The maximum absolute atomic E-state index is 12.5. The van der Waals surface area contributed by atoms with Gasteiger partial charge >= 0.3 is 0 Å². The smallest absolute Gasteiger partial charge is 0.248 e. The lowest BCUT2D eigenvalue weighted by molar-refractivity contribution is 0.166. The largest absolute Gasteiger partial charge is 0.373 e. The molecule has 0 bridgehead atoms. The summed E-state index contributed by atoms with van der Waals surface area (Å²) in [5.74, 6) is 0.187. The molecule has 1 unspecified atom stereocenters. The lowest BCUT2D eigenvalue weighted by Crippen LogP contribution is -2.29. The molecule has 1 atom stereocenters. The predicted octanol–water partition coefficient (Wildman–Crippen LogP) is 2.87. The molecule has 2 rings (SSSR count). The first kappa shape index (κ1) is 18.6. The van der Waals surface area contributed by atoms with Gasteiger partial charge in [-0.2, -0.15) is 4.72 Å². The van der Waals surface area contributed by atoms with Gasteiger partial charge in [-0.25, -0.2) is 8.42 Å². The number of benzene rings is 1. The lowest BCUT2D eigenvalue weighted by Gasteiger charge is -2.23. The van der Waals surface area contributed by atoms with Crippen LogP contribution in [0.2, 0.25) is 0 Å². The minimum Gasteiger partial charge on any atom is -0.373 e. The van der Waals surface area contributed by atoms with Gasteiger partial charge in [-0.3, -0.25) is 0 Å². The van der Waals surface area contributed by atoms with Crippen LogP contribution in [0.4, 0.5) is 0 Å². The number of sulfonamides is 1. The highest BCUT2D eigenvalue weighted by Crippen LogP contribution is 2.28. The van der Waals surface area contributed by atoms with Crippen molar-refractivity contribution in [2.45, 2.75) is 58.1 Å². The number of nitrogens with one attached hydrogen (secondary N) is 1. The molecule has 24 heavy (non-hydrogen) atoms. The van der Waals surface area contributed by atoms with Crippen LogP contribution in [0.3, 0.4) is 0 Å². The fourth-order valence-corrected chi connectivity index (χ4v) is 4.22. The first-order valence-electron chi connectivity index (χ1n) is 7.68. The van der Waals surface area contributed by atoms with Crippen molar-refractivity contribution in [1.82, 2.24) is 9.88 Å². The third kappa shape index (κ3) is 3.68. The van der Waals surface area contributed by atoms with Crippen LogP contribution in [-0.4, -0.2) is 18.7 Å². The highest BCUT2D eigenvalue weighted by molar-refractivity contribution is 7.89. The van der Waals surface area contributed by atoms with Crippen molar-refractivity contribution in [2.75, 3.05) is 0 Å². The van der Waals surface area contributed by atoms with Crippen molar-refractivity contribution in [3.63, 3.8) is 0 Å². The molecule has 0 amide bonds. The number of hydrogen-bond donors (Lipinski definition) is 2. The number of aryl methyl sites for hydroxylation is 3. The standard InChI is InChI=1S/C17H24N2O4S/c1-10-9-13(7-8-14(10)17(4,5)6)16(20)19-24(21,22)15-11(2)18-23-12(15)3/h7-9,16,19-20H,1-6H3. The average Bonchev–Trinajstić information content (AvgIpc) is 2.76. The molecule has 0 saturated heterocycles. The van der Waals surface area contributed by atoms with Gasteiger partial charge in [0, 0.05) is 0 Å². The number of rotatable bonds is 4. The van der Waals surface area contributed by atoms with Gasteiger partial charge in [-0.15, -0.1) is 0 Å². The first-order chi connectivity index (χ1) is 10.9. The number of hydrogen-bond acceptors (Lipinski definition) is 5. The molecule has 1 heterocycles. The van der Waals surface area contributed by atoms with Gasteiger partial charge in [0.05, 0.1) is 0 Å². The summed E-state index contributed by atoms with van der Waals surface area (Å²) in [6.45, 7) is 11.3. The monoisotopic (exact) mass is 352 g/mol. The predicted molar refractivity (Wildman–Crippen MR) is 91.1 cm³/mol. The molecule has 0 spiro atoms. The highest BCUT2D eigenvalue weighted by Gasteiger charge is 2.27. The molecule has 1 aromatic heterocycles. The quantitative estimate of drug-likeness (QED) is 0.826. The van der Waals surface area contributed by atoms with Crippen molar-refractivity contribution < 1.29 is 18.0 Å². The van der Waals surface area contributed by atoms with Crippen LogP contribution in [0, 0.1) is 20.8 Å². The SMILES string of the molecule is Cc1cc(C(O)NS(=O)(=O)c2c(C)noc2C)ccc1C(C)(C)C. The van der Waals surface area contributed by atoms with Crippen LogP contribution in [0.15, 0.2) is 27.6 Å². The van der Waals surface area contributed by atoms with Crippen molar-refractivity contribution in [3.8, 4) is 0 Å². The Morgan fingerprint density at radius 1 is 1.21 bits per heavy atom. The van der Waals surface area contributed by atoms with Gasteiger partial charge in [0.15, 0.2) is 5.76 Å². The molecule has 0 aliphatic rings. The molecule has 0 fully saturated rings. The van der Waals surface area contributed by atoms with Crippen molar-refractivity contribution in [2.24, 2.45) is 0 Å². The van der Waals surface area contributed by atoms with Crippen LogP contribution in [0.1, 0.15) is 55.1 Å². The summed E-state index contributed by atoms with van der Waals surface area (Å²) in [4.78, 5) is -0.0374. The topological polar surface area (TPSA) is 92.4 Å². The third-order valence-corrected chi connectivity index (χ3v) is 5.53. The second-order valence-corrected chi connectivity index (χ2v) is 8.65. The van der Waals surface area contributed by atoms with E-state index in [1.54, 1.807) is 19.1 Å². The summed E-state index contributed by atoms with van der Waals surface area (Å²) in [6, 6.07) is 5.44. The Balaban J connectivity index is 2.30. The van der Waals surface area contributed by atoms with E-state index in [1.165, 1.54) is 6.92 Å². The Morgan fingerprint density at radius 2 is 1.83 bits per heavy atom. The van der Waals surface area contributed by atoms with Crippen molar-refractivity contribution in [1.29, 1.82) is 0 Å². The van der Waals surface area contributed by atoms with E-state index in [1.807, 2.05) is 13.0 Å². The van der Waals surface area contributed by atoms with E-state index in [-0.39, 0.29) is 21.8 Å². The molecule has 2 aromatic rings. The second kappa shape index (κ2) is 6.31. The van der Waals surface area contributed by atoms with Crippen LogP contribution < -0.4 is 4.72 Å². The average molecular weight is 352 g/mol. The highest BCUT2D eigenvalue weighted by atomic mass is 32.2. The van der Waals surface area contributed by atoms with Crippen LogP contribution in [0.5, 0.6) is 0 Å². The van der Waals surface area contributed by atoms with Crippen LogP contribution in [-0.2, 0) is 15.4 Å². The van der Waals surface area contributed by atoms with Gasteiger partial charge in [0.2, 0.25) is 10.0 Å². The zero-order chi connectivity index (χ0) is 18.3. The van der Waals surface area contributed by atoms with Crippen molar-refractivity contribution in [3.05, 3.63) is 46.3 Å². The zero-order valence-corrected chi connectivity index (χ0v) is 15.7. The normalized spacial score (nSPS) is 14.0. The first-order valence-corrected chi connectivity index (χ1v) is 9.16. The van der Waals surface area contributed by atoms with E-state index < -0.39 is 16.3 Å². The Bertz CT molecular complexity index is 828. The van der Waals surface area contributed by atoms with E-state index in [2.05, 4.69) is 30.6 Å². The van der Waals surface area contributed by atoms with E-state index in [0.717, 1.165) is 11.1 Å². The zero-order valence-electron chi connectivity index (χ0n) is 14.8. The molecule has 0 radical (unpaired) electrons. The van der Waals surface area contributed by atoms with E-state index in [9.17, 15) is 13.5 Å². The minimum absolute atomic E-state index is 0.0241. The summed E-state index contributed by atoms with van der Waals surface area (Å²) in [5, 5.41) is 14.0. The number of aliphatic hydroxyl groups excluding tert-OH is 1. The molecular weight excluding hydrogens is 328 g/mol. The Morgan fingerprint density at radius 3 is 2.29 bits per heavy atom. The molecule has 0 aliphatic carbocycles.